The number of rotatable bonds is 8. The fraction of sp³-hybridized carbons (Fsp3) is 1.00. The lowest BCUT2D eigenvalue weighted by molar-refractivity contribution is 0.403. The van der Waals surface area contributed by atoms with Crippen molar-refractivity contribution in [1.29, 1.82) is 0 Å². The van der Waals surface area contributed by atoms with Gasteiger partial charge in [0.25, 0.3) is 0 Å². The Morgan fingerprint density at radius 2 is 1.67 bits per heavy atom. The van der Waals surface area contributed by atoms with Crippen LogP contribution in [0.4, 0.5) is 0 Å². The third-order valence-corrected chi connectivity index (χ3v) is 4.08. The molecule has 1 aliphatic rings. The van der Waals surface area contributed by atoms with E-state index in [9.17, 15) is 0 Å². The van der Waals surface area contributed by atoms with Crippen molar-refractivity contribution >= 4 is 0 Å². The van der Waals surface area contributed by atoms with Gasteiger partial charge < -0.3 is 0 Å². The standard InChI is InChI=1S/C15H30/c1-3-4-5-9-14(2)10-8-13-15-11-6-7-12-15/h14-15H,3-13H2,1-2H3. The molecular weight excluding hydrogens is 180 g/mol. The van der Waals surface area contributed by atoms with Crippen LogP contribution >= 0.6 is 0 Å². The summed E-state index contributed by atoms with van der Waals surface area (Å²) in [6.45, 7) is 4.75. The summed E-state index contributed by atoms with van der Waals surface area (Å²) in [5.74, 6) is 2.09. The maximum Gasteiger partial charge on any atom is -0.0414 e. The van der Waals surface area contributed by atoms with Crippen LogP contribution in [0.3, 0.4) is 0 Å². The molecule has 0 N–H and O–H groups in total. The van der Waals surface area contributed by atoms with E-state index in [0.29, 0.717) is 0 Å². The summed E-state index contributed by atoms with van der Waals surface area (Å²) < 4.78 is 0. The molecule has 90 valence electrons. The molecule has 0 amide bonds. The fourth-order valence-electron chi connectivity index (χ4n) is 2.94. The molecule has 0 heterocycles. The van der Waals surface area contributed by atoms with E-state index in [1.54, 1.807) is 0 Å². The average molecular weight is 210 g/mol. The van der Waals surface area contributed by atoms with Crippen molar-refractivity contribution in [2.45, 2.75) is 84.5 Å². The van der Waals surface area contributed by atoms with Gasteiger partial charge >= 0.3 is 0 Å². The monoisotopic (exact) mass is 210 g/mol. The topological polar surface area (TPSA) is 0 Å². The lowest BCUT2D eigenvalue weighted by Crippen LogP contribution is -1.98. The minimum Gasteiger partial charge on any atom is -0.0654 e. The summed E-state index contributed by atoms with van der Waals surface area (Å²) in [5.41, 5.74) is 0. The Labute approximate surface area is 96.8 Å². The van der Waals surface area contributed by atoms with E-state index in [1.807, 2.05) is 0 Å². The van der Waals surface area contributed by atoms with Crippen LogP contribution in [0, 0.1) is 11.8 Å². The van der Waals surface area contributed by atoms with Crippen LogP contribution in [0.2, 0.25) is 0 Å². The molecule has 1 aliphatic carbocycles. The highest BCUT2D eigenvalue weighted by molar-refractivity contribution is 4.67. The van der Waals surface area contributed by atoms with Gasteiger partial charge in [-0.2, -0.15) is 0 Å². The molecule has 0 spiro atoms. The molecule has 1 saturated carbocycles. The Bertz CT molecular complexity index is 133. The first kappa shape index (κ1) is 13.1. The molecule has 0 heteroatoms. The zero-order chi connectivity index (χ0) is 10.9. The normalized spacial score (nSPS) is 19.6. The van der Waals surface area contributed by atoms with Crippen LogP contribution in [0.5, 0.6) is 0 Å². The molecular formula is C15H30. The van der Waals surface area contributed by atoms with Gasteiger partial charge in [0.05, 0.1) is 0 Å². The van der Waals surface area contributed by atoms with Crippen LogP contribution in [-0.4, -0.2) is 0 Å². The Balaban J connectivity index is 1.89. The molecule has 1 fully saturated rings. The quantitative estimate of drug-likeness (QED) is 0.460. The lowest BCUT2D eigenvalue weighted by Gasteiger charge is -2.13. The van der Waals surface area contributed by atoms with E-state index in [1.165, 1.54) is 70.6 Å². The van der Waals surface area contributed by atoms with Crippen LogP contribution in [0.15, 0.2) is 0 Å². The maximum atomic E-state index is 2.45. The smallest absolute Gasteiger partial charge is 0.0414 e. The Morgan fingerprint density at radius 3 is 2.33 bits per heavy atom. The van der Waals surface area contributed by atoms with Gasteiger partial charge in [0.1, 0.15) is 0 Å². The first-order chi connectivity index (χ1) is 7.33. The van der Waals surface area contributed by atoms with Gasteiger partial charge in [-0.15, -0.1) is 0 Å². The molecule has 0 aliphatic heterocycles. The SMILES string of the molecule is CCCCCC(C)CCCC1CCCC1. The summed E-state index contributed by atoms with van der Waals surface area (Å²) in [4.78, 5) is 0. The third-order valence-electron chi connectivity index (χ3n) is 4.08. The minimum atomic E-state index is 0.984. The van der Waals surface area contributed by atoms with Gasteiger partial charge in [-0.1, -0.05) is 84.5 Å². The van der Waals surface area contributed by atoms with E-state index in [0.717, 1.165) is 11.8 Å². The van der Waals surface area contributed by atoms with Gasteiger partial charge in [-0.25, -0.2) is 0 Å². The molecule has 0 nitrogen and oxygen atoms in total. The first-order valence-corrected chi connectivity index (χ1v) is 7.33. The second kappa shape index (κ2) is 8.19. The largest absolute Gasteiger partial charge is 0.0654 e. The van der Waals surface area contributed by atoms with Crippen molar-refractivity contribution in [3.8, 4) is 0 Å². The molecule has 1 rings (SSSR count). The lowest BCUT2D eigenvalue weighted by atomic mass is 9.93. The Hall–Kier alpha value is 0. The van der Waals surface area contributed by atoms with Crippen LogP contribution < -0.4 is 0 Å². The highest BCUT2D eigenvalue weighted by Gasteiger charge is 2.14. The Kier molecular flexibility index (Phi) is 7.13. The van der Waals surface area contributed by atoms with Crippen LogP contribution in [0.1, 0.15) is 84.5 Å². The molecule has 0 saturated heterocycles. The van der Waals surface area contributed by atoms with Gasteiger partial charge in [0, 0.05) is 0 Å². The molecule has 0 bridgehead atoms. The van der Waals surface area contributed by atoms with Gasteiger partial charge in [0.2, 0.25) is 0 Å². The van der Waals surface area contributed by atoms with Crippen LogP contribution in [0.25, 0.3) is 0 Å². The zero-order valence-electron chi connectivity index (χ0n) is 10.9. The van der Waals surface area contributed by atoms with Crippen molar-refractivity contribution in [3.05, 3.63) is 0 Å². The highest BCUT2D eigenvalue weighted by Crippen LogP contribution is 2.29. The van der Waals surface area contributed by atoms with Gasteiger partial charge in [0.15, 0.2) is 0 Å². The van der Waals surface area contributed by atoms with Crippen LogP contribution in [-0.2, 0) is 0 Å². The van der Waals surface area contributed by atoms with E-state index in [2.05, 4.69) is 13.8 Å². The highest BCUT2D eigenvalue weighted by atomic mass is 14.2. The predicted octanol–water partition coefficient (Wildman–Crippen LogP) is 5.56. The molecule has 0 aromatic heterocycles. The van der Waals surface area contributed by atoms with Crippen molar-refractivity contribution < 1.29 is 0 Å². The van der Waals surface area contributed by atoms with Crippen molar-refractivity contribution in [3.63, 3.8) is 0 Å². The van der Waals surface area contributed by atoms with Crippen molar-refractivity contribution in [2.24, 2.45) is 11.8 Å². The summed E-state index contributed by atoms with van der Waals surface area (Å²) >= 11 is 0. The zero-order valence-corrected chi connectivity index (χ0v) is 10.9. The van der Waals surface area contributed by atoms with E-state index >= 15 is 0 Å². The maximum absolute atomic E-state index is 2.45. The predicted molar refractivity (Wildman–Crippen MR) is 69.1 cm³/mol. The average Bonchev–Trinajstić information content (AvgIpc) is 2.71. The number of unbranched alkanes of at least 4 members (excludes halogenated alkanes) is 2. The summed E-state index contributed by atoms with van der Waals surface area (Å²) in [5, 5.41) is 0. The van der Waals surface area contributed by atoms with Crippen molar-refractivity contribution in [2.75, 3.05) is 0 Å². The molecule has 15 heavy (non-hydrogen) atoms. The van der Waals surface area contributed by atoms with E-state index in [-0.39, 0.29) is 0 Å². The first-order valence-electron chi connectivity index (χ1n) is 7.33. The summed E-state index contributed by atoms with van der Waals surface area (Å²) in [6, 6.07) is 0. The van der Waals surface area contributed by atoms with E-state index in [4.69, 9.17) is 0 Å². The van der Waals surface area contributed by atoms with Gasteiger partial charge in [-0.3, -0.25) is 0 Å². The second-order valence-corrected chi connectivity index (χ2v) is 5.68. The molecule has 0 aromatic carbocycles. The van der Waals surface area contributed by atoms with Gasteiger partial charge in [-0.05, 0) is 11.8 Å². The van der Waals surface area contributed by atoms with E-state index < -0.39 is 0 Å². The molecule has 1 unspecified atom stereocenters. The number of hydrogen-bond acceptors (Lipinski definition) is 0. The summed E-state index contributed by atoms with van der Waals surface area (Å²) in [6.07, 6.45) is 16.3. The molecule has 0 aromatic rings. The number of hydrogen-bond donors (Lipinski definition) is 0. The molecule has 0 radical (unpaired) electrons. The summed E-state index contributed by atoms with van der Waals surface area (Å²) in [7, 11) is 0. The fourth-order valence-corrected chi connectivity index (χ4v) is 2.94. The minimum absolute atomic E-state index is 0.984. The Morgan fingerprint density at radius 1 is 1.00 bits per heavy atom. The second-order valence-electron chi connectivity index (χ2n) is 5.68. The molecule has 1 atom stereocenters. The van der Waals surface area contributed by atoms with Crippen molar-refractivity contribution in [1.82, 2.24) is 0 Å². The third kappa shape index (κ3) is 6.22.